The molecule has 2 N–H and O–H groups in total. The molecule has 0 aliphatic rings. The summed E-state index contributed by atoms with van der Waals surface area (Å²) in [6.07, 6.45) is 0. The van der Waals surface area contributed by atoms with Crippen molar-refractivity contribution in [3.8, 4) is 22.5 Å². The van der Waals surface area contributed by atoms with Crippen molar-refractivity contribution in [3.63, 3.8) is 0 Å². The molecule has 5 aromatic rings. The van der Waals surface area contributed by atoms with Crippen LogP contribution in [0, 0.1) is 27.7 Å². The van der Waals surface area contributed by atoms with Crippen LogP contribution < -0.4 is 10.6 Å². The van der Waals surface area contributed by atoms with Crippen LogP contribution in [0.3, 0.4) is 0 Å². The fourth-order valence-corrected chi connectivity index (χ4v) is 5.17. The van der Waals surface area contributed by atoms with E-state index in [4.69, 9.17) is 0 Å². The van der Waals surface area contributed by atoms with Gasteiger partial charge in [0.15, 0.2) is 10.3 Å². The van der Waals surface area contributed by atoms with E-state index in [0.29, 0.717) is 10.3 Å². The number of carbonyl (C=O) groups excluding carboxylic acids is 2. The fraction of sp³-hybridized carbons (Fsp3) is 0.138. The quantitative estimate of drug-likeness (QED) is 0.241. The predicted molar refractivity (Wildman–Crippen MR) is 154 cm³/mol. The number of amides is 2. The number of benzene rings is 2. The van der Waals surface area contributed by atoms with Crippen molar-refractivity contribution >= 4 is 44.8 Å². The van der Waals surface area contributed by atoms with E-state index in [9.17, 15) is 9.59 Å². The zero-order valence-corrected chi connectivity index (χ0v) is 23.0. The molecule has 0 bridgehead atoms. The van der Waals surface area contributed by atoms with Crippen LogP contribution in [0.4, 0.5) is 10.3 Å². The number of nitrogens with zero attached hydrogens (tertiary/aromatic N) is 3. The molecule has 2 amide bonds. The minimum atomic E-state index is -0.438. The van der Waals surface area contributed by atoms with Crippen LogP contribution in [-0.4, -0.2) is 26.8 Å². The van der Waals surface area contributed by atoms with Crippen molar-refractivity contribution in [1.82, 2.24) is 15.0 Å². The van der Waals surface area contributed by atoms with E-state index in [1.54, 1.807) is 18.2 Å². The topological polar surface area (TPSA) is 96.9 Å². The molecule has 190 valence electrons. The second-order valence-electron chi connectivity index (χ2n) is 8.99. The van der Waals surface area contributed by atoms with Gasteiger partial charge in [-0.2, -0.15) is 0 Å². The number of nitrogens with one attached hydrogen (secondary N) is 2. The largest absolute Gasteiger partial charge is 0.296 e. The highest BCUT2D eigenvalue weighted by Gasteiger charge is 2.16. The summed E-state index contributed by atoms with van der Waals surface area (Å²) in [5.74, 6) is -0.876. The third kappa shape index (κ3) is 5.53. The van der Waals surface area contributed by atoms with E-state index >= 15 is 0 Å². The molecule has 0 fully saturated rings. The third-order valence-electron chi connectivity index (χ3n) is 6.27. The van der Waals surface area contributed by atoms with Crippen LogP contribution in [0.2, 0.25) is 0 Å². The highest BCUT2D eigenvalue weighted by atomic mass is 32.1. The molecular formula is C29H25N5O2S2. The van der Waals surface area contributed by atoms with E-state index in [0.717, 1.165) is 22.5 Å². The van der Waals surface area contributed by atoms with Crippen LogP contribution in [0.15, 0.2) is 65.4 Å². The molecule has 0 spiro atoms. The molecule has 7 nitrogen and oxygen atoms in total. The molecule has 0 unspecified atom stereocenters. The maximum atomic E-state index is 12.9. The van der Waals surface area contributed by atoms with Crippen molar-refractivity contribution in [1.29, 1.82) is 0 Å². The lowest BCUT2D eigenvalue weighted by atomic mass is 10.1. The number of aryl methyl sites for hydroxylation is 4. The first kappa shape index (κ1) is 25.4. The Morgan fingerprint density at radius 3 is 1.47 bits per heavy atom. The molecule has 2 aromatic carbocycles. The van der Waals surface area contributed by atoms with E-state index < -0.39 is 11.8 Å². The minimum Gasteiger partial charge on any atom is -0.296 e. The van der Waals surface area contributed by atoms with Gasteiger partial charge in [0.1, 0.15) is 11.4 Å². The van der Waals surface area contributed by atoms with Crippen LogP contribution in [0.5, 0.6) is 0 Å². The Morgan fingerprint density at radius 2 is 1.05 bits per heavy atom. The predicted octanol–water partition coefficient (Wildman–Crippen LogP) is 7.07. The van der Waals surface area contributed by atoms with Gasteiger partial charge < -0.3 is 0 Å². The highest BCUT2D eigenvalue weighted by Crippen LogP contribution is 2.28. The summed E-state index contributed by atoms with van der Waals surface area (Å²) < 4.78 is 0. The first-order valence-corrected chi connectivity index (χ1v) is 13.7. The number of anilines is 2. The van der Waals surface area contributed by atoms with Gasteiger partial charge in [-0.15, -0.1) is 22.7 Å². The number of hydrogen-bond acceptors (Lipinski definition) is 7. The molecular weight excluding hydrogens is 514 g/mol. The minimum absolute atomic E-state index is 0.121. The van der Waals surface area contributed by atoms with Crippen LogP contribution in [-0.2, 0) is 0 Å². The summed E-state index contributed by atoms with van der Waals surface area (Å²) in [6, 6.07) is 17.0. The van der Waals surface area contributed by atoms with Gasteiger partial charge in [-0.3, -0.25) is 20.2 Å². The number of rotatable bonds is 6. The number of aromatic nitrogens is 3. The standard InChI is InChI=1S/C29H25N5O2S2/c1-16-8-10-20(12-18(16)3)24-14-37-28(31-24)33-26(35)22-6-5-7-23(30-22)27(36)34-29-32-25(15-38-29)21-11-9-17(2)19(4)13-21/h5-15H,1-4H3,(H,31,33,35)(H,32,34,36). The van der Waals surface area contributed by atoms with Crippen molar-refractivity contribution in [2.24, 2.45) is 0 Å². The number of carbonyl (C=O) groups is 2. The van der Waals surface area contributed by atoms with E-state index in [1.165, 1.54) is 44.9 Å². The molecule has 9 heteroatoms. The summed E-state index contributed by atoms with van der Waals surface area (Å²) >= 11 is 2.67. The second kappa shape index (κ2) is 10.6. The summed E-state index contributed by atoms with van der Waals surface area (Å²) in [6.45, 7) is 8.24. The van der Waals surface area contributed by atoms with Crippen molar-refractivity contribution < 1.29 is 9.59 Å². The second-order valence-corrected chi connectivity index (χ2v) is 10.7. The third-order valence-corrected chi connectivity index (χ3v) is 7.78. The van der Waals surface area contributed by atoms with E-state index in [1.807, 2.05) is 22.9 Å². The average molecular weight is 540 g/mol. The summed E-state index contributed by atoms with van der Waals surface area (Å²) in [5.41, 5.74) is 8.59. The summed E-state index contributed by atoms with van der Waals surface area (Å²) in [4.78, 5) is 39.1. The molecule has 0 atom stereocenters. The van der Waals surface area contributed by atoms with Gasteiger partial charge in [-0.25, -0.2) is 15.0 Å². The first-order valence-electron chi connectivity index (χ1n) is 11.9. The molecule has 0 aliphatic carbocycles. The van der Waals surface area contributed by atoms with Crippen LogP contribution in [0.1, 0.15) is 43.2 Å². The molecule has 38 heavy (non-hydrogen) atoms. The molecule has 0 saturated carbocycles. The van der Waals surface area contributed by atoms with Crippen molar-refractivity contribution in [2.45, 2.75) is 27.7 Å². The Bertz CT molecular complexity index is 1550. The Morgan fingerprint density at radius 1 is 0.605 bits per heavy atom. The Kier molecular flexibility index (Phi) is 7.13. The monoisotopic (exact) mass is 539 g/mol. The average Bonchev–Trinajstić information content (AvgIpc) is 3.57. The van der Waals surface area contributed by atoms with Crippen molar-refractivity contribution in [3.05, 3.63) is 99.0 Å². The Labute approximate surface area is 228 Å². The number of hydrogen-bond donors (Lipinski definition) is 2. The number of pyridine rings is 1. The van der Waals surface area contributed by atoms with Gasteiger partial charge in [0.2, 0.25) is 0 Å². The highest BCUT2D eigenvalue weighted by molar-refractivity contribution is 7.14. The van der Waals surface area contributed by atoms with Crippen LogP contribution in [0.25, 0.3) is 22.5 Å². The maximum absolute atomic E-state index is 12.9. The summed E-state index contributed by atoms with van der Waals surface area (Å²) in [5, 5.41) is 10.3. The van der Waals surface area contributed by atoms with Gasteiger partial charge in [-0.05, 0) is 74.2 Å². The molecule has 0 aliphatic heterocycles. The zero-order valence-electron chi connectivity index (χ0n) is 21.3. The number of thiazole rings is 2. The van der Waals surface area contributed by atoms with Crippen molar-refractivity contribution in [2.75, 3.05) is 10.6 Å². The Hall–Kier alpha value is -4.21. The zero-order chi connectivity index (χ0) is 26.8. The van der Waals surface area contributed by atoms with Gasteiger partial charge in [0.05, 0.1) is 11.4 Å². The lowest BCUT2D eigenvalue weighted by Crippen LogP contribution is -2.18. The van der Waals surface area contributed by atoms with Gasteiger partial charge in [-0.1, -0.05) is 30.3 Å². The maximum Gasteiger partial charge on any atom is 0.276 e. The van der Waals surface area contributed by atoms with Gasteiger partial charge >= 0.3 is 0 Å². The normalized spacial score (nSPS) is 10.8. The molecule has 3 aromatic heterocycles. The fourth-order valence-electron chi connectivity index (χ4n) is 3.74. The molecule has 0 saturated heterocycles. The lowest BCUT2D eigenvalue weighted by Gasteiger charge is -2.05. The van der Waals surface area contributed by atoms with Crippen LogP contribution >= 0.6 is 22.7 Å². The smallest absolute Gasteiger partial charge is 0.276 e. The van der Waals surface area contributed by atoms with Gasteiger partial charge in [0.25, 0.3) is 11.8 Å². The Balaban J connectivity index is 1.26. The van der Waals surface area contributed by atoms with E-state index in [2.05, 4.69) is 77.5 Å². The SMILES string of the molecule is Cc1ccc(-c2csc(NC(=O)c3cccc(C(=O)Nc4nc(-c5ccc(C)c(C)c5)cs4)n3)n2)cc1C. The summed E-state index contributed by atoms with van der Waals surface area (Å²) in [7, 11) is 0. The first-order chi connectivity index (χ1) is 18.3. The van der Waals surface area contributed by atoms with Gasteiger partial charge in [0, 0.05) is 21.9 Å². The molecule has 5 rings (SSSR count). The van der Waals surface area contributed by atoms with E-state index in [-0.39, 0.29) is 11.4 Å². The lowest BCUT2D eigenvalue weighted by molar-refractivity contribution is 0.101. The molecule has 0 radical (unpaired) electrons. The molecule has 3 heterocycles.